The van der Waals surface area contributed by atoms with Crippen molar-refractivity contribution < 1.29 is 9.53 Å². The zero-order chi connectivity index (χ0) is 14.9. The highest BCUT2D eigenvalue weighted by Crippen LogP contribution is 2.10. The first-order valence-corrected chi connectivity index (χ1v) is 6.83. The quantitative estimate of drug-likeness (QED) is 0.827. The Balaban J connectivity index is 1.89. The van der Waals surface area contributed by atoms with Crippen LogP contribution in [0.1, 0.15) is 18.1 Å². The third-order valence-corrected chi connectivity index (χ3v) is 2.81. The number of carbonyl (C=O) groups is 1. The number of nitrogens with one attached hydrogen (secondary N) is 1. The molecule has 0 saturated heterocycles. The summed E-state index contributed by atoms with van der Waals surface area (Å²) in [6.45, 7) is 3.24. The normalized spacial score (nSPS) is 10.7. The molecule has 108 valence electrons. The third kappa shape index (κ3) is 5.20. The molecule has 4 nitrogen and oxygen atoms in total. The van der Waals surface area contributed by atoms with Gasteiger partial charge in [0.15, 0.2) is 0 Å². The van der Waals surface area contributed by atoms with Crippen LogP contribution >= 0.6 is 0 Å². The highest BCUT2D eigenvalue weighted by atomic mass is 16.5. The maximum Gasteiger partial charge on any atom is 0.248 e. The molecule has 0 atom stereocenters. The number of ether oxygens (including phenoxy) is 1. The number of nitrogens with zero attached hydrogens (tertiary/aromatic N) is 1. The van der Waals surface area contributed by atoms with Crippen LogP contribution in [0, 0.1) is 0 Å². The van der Waals surface area contributed by atoms with E-state index in [0.717, 1.165) is 16.8 Å². The van der Waals surface area contributed by atoms with Gasteiger partial charge in [-0.25, -0.2) is 0 Å². The highest BCUT2D eigenvalue weighted by molar-refractivity contribution is 6.01. The molecule has 0 aliphatic heterocycles. The molecular weight excluding hydrogens is 264 g/mol. The average molecular weight is 282 g/mol. The number of anilines is 1. The van der Waals surface area contributed by atoms with Gasteiger partial charge in [0.05, 0.1) is 6.61 Å². The molecule has 0 aliphatic carbocycles. The van der Waals surface area contributed by atoms with Crippen molar-refractivity contribution in [2.45, 2.75) is 13.5 Å². The number of benzene rings is 1. The van der Waals surface area contributed by atoms with E-state index in [1.165, 1.54) is 6.08 Å². The van der Waals surface area contributed by atoms with Crippen LogP contribution in [0.15, 0.2) is 54.9 Å². The van der Waals surface area contributed by atoms with Crippen molar-refractivity contribution in [1.29, 1.82) is 0 Å². The van der Waals surface area contributed by atoms with Gasteiger partial charge in [-0.05, 0) is 42.3 Å². The summed E-state index contributed by atoms with van der Waals surface area (Å²) in [6, 6.07) is 11.3. The standard InChI is InChI=1S/C17H18N2O2/c1-2-21-13-15-5-8-16(9-6-15)19-17(20)10-7-14-4-3-11-18-12-14/h3-12H,2,13H2,1H3,(H,19,20). The lowest BCUT2D eigenvalue weighted by Crippen LogP contribution is -2.07. The Bertz CT molecular complexity index is 592. The molecule has 2 aromatic rings. The molecule has 0 bridgehead atoms. The molecule has 0 radical (unpaired) electrons. The molecule has 1 N–H and O–H groups in total. The van der Waals surface area contributed by atoms with E-state index in [0.29, 0.717) is 13.2 Å². The van der Waals surface area contributed by atoms with Crippen molar-refractivity contribution in [2.75, 3.05) is 11.9 Å². The average Bonchev–Trinajstić information content (AvgIpc) is 2.53. The van der Waals surface area contributed by atoms with Crippen LogP contribution in [-0.2, 0) is 16.1 Å². The van der Waals surface area contributed by atoms with Crippen LogP contribution in [0.3, 0.4) is 0 Å². The fourth-order valence-corrected chi connectivity index (χ4v) is 1.73. The topological polar surface area (TPSA) is 51.2 Å². The van der Waals surface area contributed by atoms with Gasteiger partial charge in [-0.2, -0.15) is 0 Å². The summed E-state index contributed by atoms with van der Waals surface area (Å²) in [5.74, 6) is -0.170. The Morgan fingerprint density at radius 2 is 2.10 bits per heavy atom. The fourth-order valence-electron chi connectivity index (χ4n) is 1.73. The maximum absolute atomic E-state index is 11.8. The van der Waals surface area contributed by atoms with Gasteiger partial charge in [-0.15, -0.1) is 0 Å². The maximum atomic E-state index is 11.8. The van der Waals surface area contributed by atoms with E-state index >= 15 is 0 Å². The summed E-state index contributed by atoms with van der Waals surface area (Å²) >= 11 is 0. The molecule has 0 saturated carbocycles. The summed E-state index contributed by atoms with van der Waals surface area (Å²) in [5, 5.41) is 2.81. The van der Waals surface area contributed by atoms with Crippen LogP contribution < -0.4 is 5.32 Å². The van der Waals surface area contributed by atoms with Gasteiger partial charge in [0.1, 0.15) is 0 Å². The van der Waals surface area contributed by atoms with Crippen molar-refractivity contribution in [1.82, 2.24) is 4.98 Å². The summed E-state index contributed by atoms with van der Waals surface area (Å²) in [4.78, 5) is 15.8. The van der Waals surface area contributed by atoms with Crippen molar-refractivity contribution in [3.63, 3.8) is 0 Å². The van der Waals surface area contributed by atoms with Crippen LogP contribution in [-0.4, -0.2) is 17.5 Å². The predicted molar refractivity (Wildman–Crippen MR) is 83.7 cm³/mol. The Hall–Kier alpha value is -2.46. The molecule has 0 aliphatic rings. The molecule has 21 heavy (non-hydrogen) atoms. The first-order chi connectivity index (χ1) is 10.3. The van der Waals surface area contributed by atoms with Crippen molar-refractivity contribution in [3.8, 4) is 0 Å². The summed E-state index contributed by atoms with van der Waals surface area (Å²) in [7, 11) is 0. The Morgan fingerprint density at radius 3 is 2.76 bits per heavy atom. The number of amides is 1. The van der Waals surface area contributed by atoms with Crippen molar-refractivity contribution in [3.05, 3.63) is 66.0 Å². The molecule has 1 aromatic carbocycles. The van der Waals surface area contributed by atoms with E-state index in [1.807, 2.05) is 43.3 Å². The smallest absolute Gasteiger partial charge is 0.248 e. The Kier molecular flexibility index (Phi) is 5.67. The molecule has 0 spiro atoms. The first-order valence-electron chi connectivity index (χ1n) is 6.83. The van der Waals surface area contributed by atoms with Gasteiger partial charge < -0.3 is 10.1 Å². The molecule has 0 unspecified atom stereocenters. The molecule has 4 heteroatoms. The molecule has 2 rings (SSSR count). The molecule has 0 fully saturated rings. The highest BCUT2D eigenvalue weighted by Gasteiger charge is 1.98. The van der Waals surface area contributed by atoms with Gasteiger partial charge in [0.25, 0.3) is 0 Å². The second-order valence-electron chi connectivity index (χ2n) is 4.44. The number of carbonyl (C=O) groups excluding carboxylic acids is 1. The SMILES string of the molecule is CCOCc1ccc(NC(=O)C=Cc2cccnc2)cc1. The molecule has 1 amide bonds. The number of aromatic nitrogens is 1. The van der Waals surface area contributed by atoms with E-state index in [9.17, 15) is 4.79 Å². The predicted octanol–water partition coefficient (Wildman–Crippen LogP) is 3.27. The largest absolute Gasteiger partial charge is 0.377 e. The van der Waals surface area contributed by atoms with Gasteiger partial charge in [-0.1, -0.05) is 18.2 Å². The van der Waals surface area contributed by atoms with Crippen LogP contribution in [0.4, 0.5) is 5.69 Å². The van der Waals surface area contributed by atoms with E-state index < -0.39 is 0 Å². The van der Waals surface area contributed by atoms with Gasteiger partial charge in [0.2, 0.25) is 5.91 Å². The summed E-state index contributed by atoms with van der Waals surface area (Å²) < 4.78 is 5.32. The van der Waals surface area contributed by atoms with Crippen LogP contribution in [0.2, 0.25) is 0 Å². The molecule has 1 aromatic heterocycles. The van der Waals surface area contributed by atoms with E-state index in [-0.39, 0.29) is 5.91 Å². The lowest BCUT2D eigenvalue weighted by molar-refractivity contribution is -0.111. The van der Waals surface area contributed by atoms with E-state index in [2.05, 4.69) is 10.3 Å². The lowest BCUT2D eigenvalue weighted by atomic mass is 10.2. The minimum atomic E-state index is -0.170. The van der Waals surface area contributed by atoms with Gasteiger partial charge in [-0.3, -0.25) is 9.78 Å². The minimum absolute atomic E-state index is 0.170. The fraction of sp³-hybridized carbons (Fsp3) is 0.176. The Labute approximate surface area is 124 Å². The monoisotopic (exact) mass is 282 g/mol. The van der Waals surface area contributed by atoms with E-state index in [4.69, 9.17) is 4.74 Å². The zero-order valence-corrected chi connectivity index (χ0v) is 12.0. The second kappa shape index (κ2) is 7.97. The lowest BCUT2D eigenvalue weighted by Gasteiger charge is -2.05. The minimum Gasteiger partial charge on any atom is -0.377 e. The number of hydrogen-bond acceptors (Lipinski definition) is 3. The summed E-state index contributed by atoms with van der Waals surface area (Å²) in [6.07, 6.45) is 6.62. The number of hydrogen-bond donors (Lipinski definition) is 1. The van der Waals surface area contributed by atoms with Crippen LogP contribution in [0.5, 0.6) is 0 Å². The summed E-state index contributed by atoms with van der Waals surface area (Å²) in [5.41, 5.74) is 2.73. The third-order valence-electron chi connectivity index (χ3n) is 2.81. The second-order valence-corrected chi connectivity index (χ2v) is 4.44. The molecular formula is C17H18N2O2. The van der Waals surface area contributed by atoms with E-state index in [1.54, 1.807) is 18.5 Å². The zero-order valence-electron chi connectivity index (χ0n) is 12.0. The van der Waals surface area contributed by atoms with Crippen molar-refractivity contribution >= 4 is 17.7 Å². The van der Waals surface area contributed by atoms with Crippen molar-refractivity contribution in [2.24, 2.45) is 0 Å². The molecule has 1 heterocycles. The van der Waals surface area contributed by atoms with Crippen LogP contribution in [0.25, 0.3) is 6.08 Å². The first kappa shape index (κ1) is 14.9. The number of pyridine rings is 1. The number of rotatable bonds is 6. The van der Waals surface area contributed by atoms with Gasteiger partial charge in [0, 0.05) is 30.8 Å². The Morgan fingerprint density at radius 1 is 1.29 bits per heavy atom. The van der Waals surface area contributed by atoms with Gasteiger partial charge >= 0.3 is 0 Å².